The zero-order valence-electron chi connectivity index (χ0n) is 20.4. The van der Waals surface area contributed by atoms with E-state index in [0.29, 0.717) is 59.1 Å². The standard InChI is InChI=1S/C29H30O6/c1-5-16-12-20(13-17(6-2)25(16)30)29(21-14-18(7-3)26(31)19(8-4)15-21)24-22(27(32)33)10-9-11-23(24)28(34)35-29/h9-15,30-31H,5-8H2,1-4H3,(H,32,33). The van der Waals surface area contributed by atoms with E-state index in [1.54, 1.807) is 30.3 Å². The second kappa shape index (κ2) is 9.10. The highest BCUT2D eigenvalue weighted by atomic mass is 16.6. The summed E-state index contributed by atoms with van der Waals surface area (Å²) in [7, 11) is 0. The van der Waals surface area contributed by atoms with Gasteiger partial charge >= 0.3 is 11.9 Å². The fraction of sp³-hybridized carbons (Fsp3) is 0.310. The van der Waals surface area contributed by atoms with Crippen LogP contribution in [0.4, 0.5) is 0 Å². The van der Waals surface area contributed by atoms with Crippen LogP contribution in [0.15, 0.2) is 42.5 Å². The molecule has 0 saturated carbocycles. The topological polar surface area (TPSA) is 104 Å². The number of phenols is 2. The Balaban J connectivity index is 2.21. The number of rotatable bonds is 7. The Bertz CT molecular complexity index is 1230. The Kier molecular flexibility index (Phi) is 6.32. The monoisotopic (exact) mass is 474 g/mol. The molecule has 3 aromatic rings. The molecule has 0 spiro atoms. The molecule has 4 rings (SSSR count). The first-order chi connectivity index (χ1) is 16.7. The maximum absolute atomic E-state index is 13.2. The number of carboxylic acid groups (broad SMARTS) is 1. The number of fused-ring (bicyclic) bond motifs is 1. The largest absolute Gasteiger partial charge is 0.507 e. The van der Waals surface area contributed by atoms with Gasteiger partial charge in [0.05, 0.1) is 11.1 Å². The molecule has 3 N–H and O–H groups in total. The number of hydrogen-bond acceptors (Lipinski definition) is 5. The first-order valence-corrected chi connectivity index (χ1v) is 12.0. The molecule has 0 saturated heterocycles. The smallest absolute Gasteiger partial charge is 0.340 e. The number of ether oxygens (including phenoxy) is 1. The van der Waals surface area contributed by atoms with Crippen molar-refractivity contribution in [3.63, 3.8) is 0 Å². The molecule has 0 atom stereocenters. The highest BCUT2D eigenvalue weighted by Crippen LogP contribution is 2.51. The minimum atomic E-state index is -1.55. The van der Waals surface area contributed by atoms with Gasteiger partial charge < -0.3 is 20.1 Å². The molecule has 0 radical (unpaired) electrons. The zero-order valence-corrected chi connectivity index (χ0v) is 20.4. The van der Waals surface area contributed by atoms with Crippen molar-refractivity contribution in [1.82, 2.24) is 0 Å². The van der Waals surface area contributed by atoms with Crippen molar-refractivity contribution in [2.75, 3.05) is 0 Å². The van der Waals surface area contributed by atoms with Crippen LogP contribution in [-0.2, 0) is 36.0 Å². The van der Waals surface area contributed by atoms with Crippen LogP contribution in [0.25, 0.3) is 0 Å². The van der Waals surface area contributed by atoms with Crippen molar-refractivity contribution >= 4 is 11.9 Å². The van der Waals surface area contributed by atoms with Gasteiger partial charge in [0, 0.05) is 16.7 Å². The third-order valence-electron chi connectivity index (χ3n) is 6.98. The highest BCUT2D eigenvalue weighted by Gasteiger charge is 2.51. The van der Waals surface area contributed by atoms with E-state index in [4.69, 9.17) is 4.74 Å². The lowest BCUT2D eigenvalue weighted by molar-refractivity contribution is 0.0245. The first-order valence-electron chi connectivity index (χ1n) is 12.0. The zero-order chi connectivity index (χ0) is 25.5. The number of aromatic carboxylic acids is 1. The quantitative estimate of drug-likeness (QED) is 0.390. The number of hydrogen-bond donors (Lipinski definition) is 3. The second-order valence-corrected chi connectivity index (χ2v) is 8.80. The summed E-state index contributed by atoms with van der Waals surface area (Å²) in [5, 5.41) is 31.6. The molecule has 6 nitrogen and oxygen atoms in total. The second-order valence-electron chi connectivity index (χ2n) is 8.80. The Labute approximate surface area is 204 Å². The van der Waals surface area contributed by atoms with Crippen molar-refractivity contribution in [2.45, 2.75) is 59.0 Å². The van der Waals surface area contributed by atoms with E-state index < -0.39 is 17.5 Å². The average molecular weight is 475 g/mol. The molecule has 0 amide bonds. The molecule has 6 heteroatoms. The van der Waals surface area contributed by atoms with E-state index >= 15 is 0 Å². The summed E-state index contributed by atoms with van der Waals surface area (Å²) < 4.78 is 6.19. The number of carboxylic acids is 1. The van der Waals surface area contributed by atoms with Gasteiger partial charge in [0.25, 0.3) is 0 Å². The summed E-state index contributed by atoms with van der Waals surface area (Å²) in [6.07, 6.45) is 2.17. The van der Waals surface area contributed by atoms with E-state index in [-0.39, 0.29) is 28.2 Å². The molecule has 0 bridgehead atoms. The molecule has 35 heavy (non-hydrogen) atoms. The van der Waals surface area contributed by atoms with Crippen LogP contribution in [0.5, 0.6) is 11.5 Å². The van der Waals surface area contributed by atoms with Crippen molar-refractivity contribution in [2.24, 2.45) is 0 Å². The van der Waals surface area contributed by atoms with Crippen LogP contribution in [0.3, 0.4) is 0 Å². The van der Waals surface area contributed by atoms with Crippen molar-refractivity contribution in [3.8, 4) is 11.5 Å². The normalized spacial score (nSPS) is 14.0. The van der Waals surface area contributed by atoms with Crippen molar-refractivity contribution in [1.29, 1.82) is 0 Å². The first kappa shape index (κ1) is 24.3. The molecule has 1 aliphatic rings. The average Bonchev–Trinajstić information content (AvgIpc) is 3.17. The number of esters is 1. The number of phenolic OH excluding ortho intramolecular Hbond substituents is 2. The van der Waals surface area contributed by atoms with Crippen LogP contribution >= 0.6 is 0 Å². The van der Waals surface area contributed by atoms with Gasteiger partial charge in [-0.15, -0.1) is 0 Å². The lowest BCUT2D eigenvalue weighted by Crippen LogP contribution is -2.32. The summed E-state index contributed by atoms with van der Waals surface area (Å²) in [5.74, 6) is -1.39. The highest BCUT2D eigenvalue weighted by molar-refractivity contribution is 6.02. The number of carbonyl (C=O) groups excluding carboxylic acids is 1. The number of carbonyl (C=O) groups is 2. The Morgan fingerprint density at radius 3 is 1.60 bits per heavy atom. The summed E-state index contributed by atoms with van der Waals surface area (Å²) in [6, 6.07) is 11.8. The van der Waals surface area contributed by atoms with E-state index in [9.17, 15) is 24.9 Å². The van der Waals surface area contributed by atoms with Crippen LogP contribution in [-0.4, -0.2) is 27.3 Å². The fourth-order valence-corrected chi connectivity index (χ4v) is 5.10. The van der Waals surface area contributed by atoms with Gasteiger partial charge in [0.1, 0.15) is 11.5 Å². The maximum Gasteiger partial charge on any atom is 0.340 e. The minimum Gasteiger partial charge on any atom is -0.507 e. The van der Waals surface area contributed by atoms with Gasteiger partial charge in [-0.05, 0) is 84.3 Å². The van der Waals surface area contributed by atoms with Gasteiger partial charge in [-0.3, -0.25) is 0 Å². The Hall–Kier alpha value is -3.80. The minimum absolute atomic E-state index is 0.0262. The van der Waals surface area contributed by atoms with Gasteiger partial charge in [-0.1, -0.05) is 33.8 Å². The lowest BCUT2D eigenvalue weighted by atomic mass is 9.75. The summed E-state index contributed by atoms with van der Waals surface area (Å²) in [4.78, 5) is 25.6. The Morgan fingerprint density at radius 2 is 1.23 bits per heavy atom. The number of aromatic hydroxyl groups is 2. The summed E-state index contributed by atoms with van der Waals surface area (Å²) >= 11 is 0. The third-order valence-corrected chi connectivity index (χ3v) is 6.98. The molecule has 1 aliphatic heterocycles. The molecule has 0 aromatic heterocycles. The van der Waals surface area contributed by atoms with Crippen LogP contribution in [0.1, 0.15) is 87.4 Å². The van der Waals surface area contributed by atoms with Gasteiger partial charge in [0.15, 0.2) is 5.60 Å². The molecular weight excluding hydrogens is 444 g/mol. The molecular formula is C29H30O6. The summed E-state index contributed by atoms with van der Waals surface area (Å²) in [6.45, 7) is 7.70. The van der Waals surface area contributed by atoms with Gasteiger partial charge in [-0.25, -0.2) is 9.59 Å². The van der Waals surface area contributed by atoms with E-state index in [1.807, 2.05) is 27.7 Å². The van der Waals surface area contributed by atoms with Gasteiger partial charge in [0.2, 0.25) is 0 Å². The lowest BCUT2D eigenvalue weighted by Gasteiger charge is -2.33. The molecule has 0 aliphatic carbocycles. The number of benzene rings is 3. The number of aryl methyl sites for hydroxylation is 4. The Morgan fingerprint density at radius 1 is 0.800 bits per heavy atom. The van der Waals surface area contributed by atoms with Crippen molar-refractivity contribution < 1.29 is 29.6 Å². The molecule has 0 unspecified atom stereocenters. The van der Waals surface area contributed by atoms with E-state index in [0.717, 1.165) is 0 Å². The van der Waals surface area contributed by atoms with Crippen molar-refractivity contribution in [3.05, 3.63) is 92.5 Å². The predicted octanol–water partition coefficient (Wildman–Crippen LogP) is 5.51. The van der Waals surface area contributed by atoms with E-state index in [2.05, 4.69) is 0 Å². The molecule has 3 aromatic carbocycles. The fourth-order valence-electron chi connectivity index (χ4n) is 5.10. The van der Waals surface area contributed by atoms with Crippen LogP contribution < -0.4 is 0 Å². The van der Waals surface area contributed by atoms with E-state index in [1.165, 1.54) is 12.1 Å². The third kappa shape index (κ3) is 3.64. The predicted molar refractivity (Wildman–Crippen MR) is 132 cm³/mol. The van der Waals surface area contributed by atoms with Gasteiger partial charge in [-0.2, -0.15) is 0 Å². The summed E-state index contributed by atoms with van der Waals surface area (Å²) in [5.41, 5.74) is 2.75. The maximum atomic E-state index is 13.2. The molecule has 182 valence electrons. The van der Waals surface area contributed by atoms with Crippen LogP contribution in [0, 0.1) is 0 Å². The number of cyclic esters (lactones) is 1. The molecule has 1 heterocycles. The van der Waals surface area contributed by atoms with Crippen LogP contribution in [0.2, 0.25) is 0 Å². The molecule has 0 fully saturated rings. The SMILES string of the molecule is CCc1cc(C2(c3cc(CC)c(O)c(CC)c3)OC(=O)c3cccc(C(=O)O)c32)cc(CC)c1O.